The molecule has 0 bridgehead atoms. The van der Waals surface area contributed by atoms with E-state index in [4.69, 9.17) is 0 Å². The van der Waals surface area contributed by atoms with Gasteiger partial charge >= 0.3 is 5.69 Å². The Morgan fingerprint density at radius 3 is 2.38 bits per heavy atom. The fourth-order valence-electron chi connectivity index (χ4n) is 3.02. The Bertz CT molecular complexity index is 1200. The first kappa shape index (κ1) is 18.5. The van der Waals surface area contributed by atoms with E-state index < -0.39 is 17.3 Å². The van der Waals surface area contributed by atoms with Crippen LogP contribution in [-0.4, -0.2) is 24.4 Å². The van der Waals surface area contributed by atoms with Gasteiger partial charge in [-0.05, 0) is 35.9 Å². The van der Waals surface area contributed by atoms with E-state index in [1.165, 1.54) is 18.6 Å². The van der Waals surface area contributed by atoms with Gasteiger partial charge in [0.2, 0.25) is 5.88 Å². The minimum atomic E-state index is -0.715. The molecule has 2 aromatic carbocycles. The maximum absolute atomic E-state index is 13.8. The van der Waals surface area contributed by atoms with E-state index in [9.17, 15) is 18.7 Å². The SMILES string of the molecule is O=c1n(Cc2c(F)cccc2F)cnn1-c1ccc(Cc2cccnc2O)cc1. The van der Waals surface area contributed by atoms with Crippen molar-refractivity contribution in [3.8, 4) is 11.6 Å². The van der Waals surface area contributed by atoms with Gasteiger partial charge in [0.15, 0.2) is 0 Å². The van der Waals surface area contributed by atoms with Gasteiger partial charge in [0.1, 0.15) is 18.0 Å². The molecule has 29 heavy (non-hydrogen) atoms. The predicted octanol–water partition coefficient (Wildman–Crippen LogP) is 3.05. The van der Waals surface area contributed by atoms with Gasteiger partial charge in [-0.2, -0.15) is 9.78 Å². The maximum Gasteiger partial charge on any atom is 0.350 e. The summed E-state index contributed by atoms with van der Waals surface area (Å²) in [7, 11) is 0. The van der Waals surface area contributed by atoms with Gasteiger partial charge in [0, 0.05) is 23.7 Å². The average Bonchev–Trinajstić information content (AvgIpc) is 3.07. The summed E-state index contributed by atoms with van der Waals surface area (Å²) < 4.78 is 30.0. The lowest BCUT2D eigenvalue weighted by Crippen LogP contribution is -2.24. The lowest BCUT2D eigenvalue weighted by Gasteiger charge is -2.06. The minimum absolute atomic E-state index is 0.0214. The molecular weight excluding hydrogens is 378 g/mol. The van der Waals surface area contributed by atoms with Crippen molar-refractivity contribution in [1.29, 1.82) is 0 Å². The number of nitrogens with zero attached hydrogens (tertiary/aromatic N) is 4. The van der Waals surface area contributed by atoms with Crippen LogP contribution in [-0.2, 0) is 13.0 Å². The predicted molar refractivity (Wildman–Crippen MR) is 102 cm³/mol. The summed E-state index contributed by atoms with van der Waals surface area (Å²) in [5, 5.41) is 13.8. The Balaban J connectivity index is 1.57. The lowest BCUT2D eigenvalue weighted by molar-refractivity contribution is 0.447. The molecule has 0 radical (unpaired) electrons. The second-order valence-corrected chi connectivity index (χ2v) is 6.48. The summed E-state index contributed by atoms with van der Waals surface area (Å²) >= 11 is 0. The van der Waals surface area contributed by atoms with Crippen LogP contribution in [0.15, 0.2) is 71.9 Å². The van der Waals surface area contributed by atoms with Crippen LogP contribution in [0.4, 0.5) is 8.78 Å². The summed E-state index contributed by atoms with van der Waals surface area (Å²) in [6, 6.07) is 14.1. The molecule has 4 aromatic rings. The van der Waals surface area contributed by atoms with Gasteiger partial charge in [-0.15, -0.1) is 0 Å². The van der Waals surface area contributed by atoms with E-state index in [0.29, 0.717) is 17.7 Å². The van der Waals surface area contributed by atoms with E-state index in [-0.39, 0.29) is 18.0 Å². The van der Waals surface area contributed by atoms with E-state index in [1.807, 2.05) is 12.1 Å². The Morgan fingerprint density at radius 1 is 0.966 bits per heavy atom. The van der Waals surface area contributed by atoms with Gasteiger partial charge in [-0.1, -0.05) is 24.3 Å². The van der Waals surface area contributed by atoms with Crippen molar-refractivity contribution >= 4 is 0 Å². The standard InChI is InChI=1S/C21H16F2N4O2/c22-18-4-1-5-19(23)17(18)12-26-13-25-27(21(26)29)16-8-6-14(7-9-16)11-15-3-2-10-24-20(15)28/h1-10,13H,11-12H2,(H,24,28). The van der Waals surface area contributed by atoms with Crippen LogP contribution in [0, 0.1) is 11.6 Å². The quantitative estimate of drug-likeness (QED) is 0.565. The summed E-state index contributed by atoms with van der Waals surface area (Å²) in [5.74, 6) is -1.45. The smallest absolute Gasteiger partial charge is 0.350 e. The second kappa shape index (κ2) is 7.67. The van der Waals surface area contributed by atoms with Gasteiger partial charge < -0.3 is 5.11 Å². The van der Waals surface area contributed by atoms with Crippen molar-refractivity contribution in [3.05, 3.63) is 106 Å². The van der Waals surface area contributed by atoms with E-state index in [0.717, 1.165) is 26.9 Å². The zero-order valence-electron chi connectivity index (χ0n) is 15.2. The molecule has 0 fully saturated rings. The van der Waals surface area contributed by atoms with Crippen LogP contribution in [0.25, 0.3) is 5.69 Å². The first-order valence-corrected chi connectivity index (χ1v) is 8.82. The average molecular weight is 394 g/mol. The van der Waals surface area contributed by atoms with Crippen LogP contribution >= 0.6 is 0 Å². The van der Waals surface area contributed by atoms with Crippen molar-refractivity contribution in [2.24, 2.45) is 0 Å². The number of aromatic nitrogens is 4. The van der Waals surface area contributed by atoms with Crippen molar-refractivity contribution in [1.82, 2.24) is 19.3 Å². The van der Waals surface area contributed by atoms with Crippen LogP contribution in [0.5, 0.6) is 5.88 Å². The summed E-state index contributed by atoms with van der Waals surface area (Å²) in [6.45, 7) is -0.254. The molecule has 0 saturated heterocycles. The molecule has 4 rings (SSSR count). The Kier molecular flexibility index (Phi) is 4.90. The molecule has 0 atom stereocenters. The van der Waals surface area contributed by atoms with Crippen molar-refractivity contribution in [3.63, 3.8) is 0 Å². The third-order valence-electron chi connectivity index (χ3n) is 4.57. The molecular formula is C21H16F2N4O2. The first-order chi connectivity index (χ1) is 14.0. The molecule has 1 N–H and O–H groups in total. The van der Waals surface area contributed by atoms with Gasteiger partial charge in [0.25, 0.3) is 0 Å². The molecule has 146 valence electrons. The molecule has 0 aliphatic rings. The largest absolute Gasteiger partial charge is 0.493 e. The highest BCUT2D eigenvalue weighted by Gasteiger charge is 2.13. The highest BCUT2D eigenvalue weighted by molar-refractivity contribution is 5.37. The Hall–Kier alpha value is -3.81. The number of halogens is 2. The summed E-state index contributed by atoms with van der Waals surface area (Å²) in [5.41, 5.74) is 1.42. The second-order valence-electron chi connectivity index (χ2n) is 6.48. The number of hydrogen-bond acceptors (Lipinski definition) is 4. The number of pyridine rings is 1. The molecule has 8 heteroatoms. The zero-order chi connectivity index (χ0) is 20.4. The molecule has 2 aromatic heterocycles. The van der Waals surface area contributed by atoms with Crippen LogP contribution in [0.1, 0.15) is 16.7 Å². The monoisotopic (exact) mass is 394 g/mol. The third-order valence-corrected chi connectivity index (χ3v) is 4.57. The van der Waals surface area contributed by atoms with Crippen LogP contribution in [0.2, 0.25) is 0 Å². The zero-order valence-corrected chi connectivity index (χ0v) is 15.2. The van der Waals surface area contributed by atoms with Crippen LogP contribution < -0.4 is 5.69 Å². The Morgan fingerprint density at radius 2 is 1.69 bits per heavy atom. The van der Waals surface area contributed by atoms with E-state index in [1.54, 1.807) is 24.3 Å². The molecule has 0 unspecified atom stereocenters. The fraction of sp³-hybridized carbons (Fsp3) is 0.0952. The number of aromatic hydroxyl groups is 1. The van der Waals surface area contributed by atoms with Crippen molar-refractivity contribution in [2.75, 3.05) is 0 Å². The van der Waals surface area contributed by atoms with Crippen molar-refractivity contribution < 1.29 is 13.9 Å². The Labute approximate surface area is 164 Å². The third kappa shape index (κ3) is 3.77. The molecule has 6 nitrogen and oxygen atoms in total. The van der Waals surface area contributed by atoms with E-state index in [2.05, 4.69) is 10.1 Å². The lowest BCUT2D eigenvalue weighted by atomic mass is 10.1. The summed E-state index contributed by atoms with van der Waals surface area (Å²) in [4.78, 5) is 16.4. The molecule has 0 amide bonds. The molecule has 0 aliphatic carbocycles. The molecule has 0 aliphatic heterocycles. The van der Waals surface area contributed by atoms with Gasteiger partial charge in [-0.25, -0.2) is 18.6 Å². The number of rotatable bonds is 5. The van der Waals surface area contributed by atoms with Gasteiger partial charge in [-0.3, -0.25) is 4.57 Å². The van der Waals surface area contributed by atoms with E-state index >= 15 is 0 Å². The highest BCUT2D eigenvalue weighted by Crippen LogP contribution is 2.18. The number of hydrogen-bond donors (Lipinski definition) is 1. The molecule has 2 heterocycles. The van der Waals surface area contributed by atoms with Crippen molar-refractivity contribution in [2.45, 2.75) is 13.0 Å². The van der Waals surface area contributed by atoms with Gasteiger partial charge in [0.05, 0.1) is 12.2 Å². The minimum Gasteiger partial charge on any atom is -0.493 e. The maximum atomic E-state index is 13.8. The highest BCUT2D eigenvalue weighted by atomic mass is 19.1. The van der Waals surface area contributed by atoms with Crippen LogP contribution in [0.3, 0.4) is 0 Å². The summed E-state index contributed by atoms with van der Waals surface area (Å²) in [6.07, 6.45) is 3.24. The first-order valence-electron chi connectivity index (χ1n) is 8.82. The number of benzene rings is 2. The fourth-order valence-corrected chi connectivity index (χ4v) is 3.02. The topological polar surface area (TPSA) is 72.9 Å². The molecule has 0 saturated carbocycles. The molecule has 0 spiro atoms. The normalized spacial score (nSPS) is 11.0.